The third-order valence-corrected chi connectivity index (χ3v) is 4.72. The van der Waals surface area contributed by atoms with Gasteiger partial charge in [-0.1, -0.05) is 12.1 Å². The van der Waals surface area contributed by atoms with E-state index < -0.39 is 0 Å². The number of rotatable bonds is 5. The summed E-state index contributed by atoms with van der Waals surface area (Å²) in [4.78, 5) is 30.1. The number of fused-ring (bicyclic) bond motifs is 1. The van der Waals surface area contributed by atoms with Crippen LogP contribution in [0.2, 0.25) is 0 Å². The SMILES string of the molecule is C[C@H]1CC[C@H](C(N)=O)CN1C(=O)CCCc1nc2ccccc2o1. The van der Waals surface area contributed by atoms with Gasteiger partial charge < -0.3 is 15.1 Å². The Hall–Kier alpha value is -2.37. The monoisotopic (exact) mass is 329 g/mol. The van der Waals surface area contributed by atoms with Crippen molar-refractivity contribution in [3.63, 3.8) is 0 Å². The lowest BCUT2D eigenvalue weighted by molar-refractivity contribution is -0.137. The van der Waals surface area contributed by atoms with Crippen molar-refractivity contribution in [1.29, 1.82) is 0 Å². The third-order valence-electron chi connectivity index (χ3n) is 4.72. The fraction of sp³-hybridized carbons (Fsp3) is 0.500. The molecule has 1 aliphatic rings. The van der Waals surface area contributed by atoms with Crippen LogP contribution in [0.3, 0.4) is 0 Å². The summed E-state index contributed by atoms with van der Waals surface area (Å²) in [6, 6.07) is 7.79. The van der Waals surface area contributed by atoms with E-state index in [-0.39, 0.29) is 23.8 Å². The predicted octanol–water partition coefficient (Wildman–Crippen LogP) is 2.26. The highest BCUT2D eigenvalue weighted by atomic mass is 16.3. The van der Waals surface area contributed by atoms with E-state index in [1.54, 1.807) is 4.90 Å². The number of aromatic nitrogens is 1. The molecule has 2 N–H and O–H groups in total. The maximum absolute atomic E-state index is 12.5. The molecular formula is C18H23N3O3. The lowest BCUT2D eigenvalue weighted by atomic mass is 9.92. The van der Waals surface area contributed by atoms with Crippen molar-refractivity contribution in [3.8, 4) is 0 Å². The van der Waals surface area contributed by atoms with Crippen LogP contribution in [0.15, 0.2) is 28.7 Å². The van der Waals surface area contributed by atoms with Crippen LogP contribution in [-0.4, -0.2) is 34.3 Å². The number of para-hydroxylation sites is 2. The summed E-state index contributed by atoms with van der Waals surface area (Å²) in [6.45, 7) is 2.47. The first-order valence-corrected chi connectivity index (χ1v) is 8.48. The van der Waals surface area contributed by atoms with Gasteiger partial charge in [-0.2, -0.15) is 0 Å². The van der Waals surface area contributed by atoms with Crippen molar-refractivity contribution in [2.75, 3.05) is 6.54 Å². The first-order valence-electron chi connectivity index (χ1n) is 8.48. The number of primary amides is 1. The fourth-order valence-corrected chi connectivity index (χ4v) is 3.25. The molecule has 1 aromatic heterocycles. The lowest BCUT2D eigenvalue weighted by Crippen LogP contribution is -2.48. The molecule has 0 aliphatic carbocycles. The van der Waals surface area contributed by atoms with E-state index in [9.17, 15) is 9.59 Å². The molecule has 0 radical (unpaired) electrons. The third kappa shape index (κ3) is 3.58. The number of aryl methyl sites for hydroxylation is 1. The van der Waals surface area contributed by atoms with Crippen molar-refractivity contribution in [2.45, 2.75) is 45.1 Å². The van der Waals surface area contributed by atoms with Gasteiger partial charge in [0.25, 0.3) is 0 Å². The zero-order valence-corrected chi connectivity index (χ0v) is 13.9. The summed E-state index contributed by atoms with van der Waals surface area (Å²) >= 11 is 0. The summed E-state index contributed by atoms with van der Waals surface area (Å²) in [6.07, 6.45) is 3.32. The minimum absolute atomic E-state index is 0.0737. The van der Waals surface area contributed by atoms with Crippen molar-refractivity contribution < 1.29 is 14.0 Å². The van der Waals surface area contributed by atoms with Gasteiger partial charge in [0.15, 0.2) is 11.5 Å². The van der Waals surface area contributed by atoms with Crippen LogP contribution >= 0.6 is 0 Å². The molecule has 2 amide bonds. The standard InChI is InChI=1S/C18H23N3O3/c1-12-9-10-13(18(19)23)11-21(12)17(22)8-4-7-16-20-14-5-2-3-6-15(14)24-16/h2-3,5-6,12-13H,4,7-11H2,1H3,(H2,19,23)/t12-,13-/m0/s1. The van der Waals surface area contributed by atoms with Gasteiger partial charge in [-0.05, 0) is 38.3 Å². The van der Waals surface area contributed by atoms with Crippen molar-refractivity contribution in [1.82, 2.24) is 9.88 Å². The highest BCUT2D eigenvalue weighted by molar-refractivity contribution is 5.80. The van der Waals surface area contributed by atoms with E-state index in [2.05, 4.69) is 4.98 Å². The summed E-state index contributed by atoms with van der Waals surface area (Å²) in [7, 11) is 0. The zero-order valence-electron chi connectivity index (χ0n) is 13.9. The Labute approximate surface area is 141 Å². The molecule has 6 heteroatoms. The maximum atomic E-state index is 12.5. The number of amides is 2. The van der Waals surface area contributed by atoms with Gasteiger partial charge in [-0.25, -0.2) is 4.98 Å². The molecule has 2 aromatic rings. The Morgan fingerprint density at radius 1 is 1.33 bits per heavy atom. The molecule has 0 saturated carbocycles. The Bertz CT molecular complexity index is 707. The van der Waals surface area contributed by atoms with E-state index in [4.69, 9.17) is 10.2 Å². The normalized spacial score (nSPS) is 21.1. The minimum atomic E-state index is -0.314. The molecule has 1 saturated heterocycles. The number of piperidine rings is 1. The minimum Gasteiger partial charge on any atom is -0.441 e. The summed E-state index contributed by atoms with van der Waals surface area (Å²) in [5, 5.41) is 0. The van der Waals surface area contributed by atoms with Crippen LogP contribution < -0.4 is 5.73 Å². The van der Waals surface area contributed by atoms with Crippen LogP contribution in [0.5, 0.6) is 0 Å². The number of carbonyl (C=O) groups is 2. The topological polar surface area (TPSA) is 89.4 Å². The second-order valence-electron chi connectivity index (χ2n) is 6.50. The van der Waals surface area contributed by atoms with Gasteiger partial charge in [-0.3, -0.25) is 9.59 Å². The number of likely N-dealkylation sites (tertiary alicyclic amines) is 1. The highest BCUT2D eigenvalue weighted by Gasteiger charge is 2.31. The van der Waals surface area contributed by atoms with E-state index in [0.717, 1.165) is 23.9 Å². The predicted molar refractivity (Wildman–Crippen MR) is 90.0 cm³/mol. The molecule has 2 heterocycles. The summed E-state index contributed by atoms with van der Waals surface area (Å²) in [5.41, 5.74) is 7.00. The average Bonchev–Trinajstić information content (AvgIpc) is 2.97. The fourth-order valence-electron chi connectivity index (χ4n) is 3.25. The van der Waals surface area contributed by atoms with E-state index >= 15 is 0 Å². The molecular weight excluding hydrogens is 306 g/mol. The molecule has 2 atom stereocenters. The highest BCUT2D eigenvalue weighted by Crippen LogP contribution is 2.23. The van der Waals surface area contributed by atoms with Crippen LogP contribution in [-0.2, 0) is 16.0 Å². The zero-order chi connectivity index (χ0) is 17.1. The Balaban J connectivity index is 1.53. The molecule has 0 unspecified atom stereocenters. The summed E-state index contributed by atoms with van der Waals surface area (Å²) in [5.74, 6) is 0.198. The second-order valence-corrected chi connectivity index (χ2v) is 6.50. The Morgan fingerprint density at radius 2 is 2.12 bits per heavy atom. The first kappa shape index (κ1) is 16.5. The average molecular weight is 329 g/mol. The number of hydrogen-bond acceptors (Lipinski definition) is 4. The van der Waals surface area contributed by atoms with Gasteiger partial charge in [0, 0.05) is 25.4 Å². The van der Waals surface area contributed by atoms with E-state index in [1.807, 2.05) is 31.2 Å². The van der Waals surface area contributed by atoms with Gasteiger partial charge in [-0.15, -0.1) is 0 Å². The molecule has 128 valence electrons. The van der Waals surface area contributed by atoms with Gasteiger partial charge >= 0.3 is 0 Å². The number of benzene rings is 1. The quantitative estimate of drug-likeness (QED) is 0.911. The number of nitrogens with zero attached hydrogens (tertiary/aromatic N) is 2. The van der Waals surface area contributed by atoms with Crippen LogP contribution in [0, 0.1) is 5.92 Å². The second kappa shape index (κ2) is 7.03. The number of carbonyl (C=O) groups excluding carboxylic acids is 2. The van der Waals surface area contributed by atoms with Crippen LogP contribution in [0.4, 0.5) is 0 Å². The van der Waals surface area contributed by atoms with Crippen molar-refractivity contribution in [3.05, 3.63) is 30.2 Å². The number of nitrogens with two attached hydrogens (primary N) is 1. The molecule has 0 bridgehead atoms. The molecule has 0 spiro atoms. The Morgan fingerprint density at radius 3 is 2.88 bits per heavy atom. The van der Waals surface area contributed by atoms with E-state index in [0.29, 0.717) is 31.7 Å². The first-order chi connectivity index (χ1) is 11.5. The molecule has 1 aliphatic heterocycles. The molecule has 1 aromatic carbocycles. The van der Waals surface area contributed by atoms with Crippen LogP contribution in [0.25, 0.3) is 11.1 Å². The van der Waals surface area contributed by atoms with Gasteiger partial charge in [0.05, 0.1) is 5.92 Å². The maximum Gasteiger partial charge on any atom is 0.222 e. The Kier molecular flexibility index (Phi) is 4.83. The van der Waals surface area contributed by atoms with Crippen molar-refractivity contribution >= 4 is 22.9 Å². The largest absolute Gasteiger partial charge is 0.441 e. The van der Waals surface area contributed by atoms with E-state index in [1.165, 1.54) is 0 Å². The molecule has 3 rings (SSSR count). The van der Waals surface area contributed by atoms with Gasteiger partial charge in [0.1, 0.15) is 5.52 Å². The number of hydrogen-bond donors (Lipinski definition) is 1. The molecule has 6 nitrogen and oxygen atoms in total. The molecule has 1 fully saturated rings. The van der Waals surface area contributed by atoms with Crippen molar-refractivity contribution in [2.24, 2.45) is 11.7 Å². The molecule has 24 heavy (non-hydrogen) atoms. The summed E-state index contributed by atoms with van der Waals surface area (Å²) < 4.78 is 5.67. The number of oxazole rings is 1. The lowest BCUT2D eigenvalue weighted by Gasteiger charge is -2.37. The smallest absolute Gasteiger partial charge is 0.222 e. The van der Waals surface area contributed by atoms with Crippen LogP contribution in [0.1, 0.15) is 38.5 Å². The van der Waals surface area contributed by atoms with Gasteiger partial charge in [0.2, 0.25) is 11.8 Å².